The molecule has 1 aliphatic rings. The van der Waals surface area contributed by atoms with Crippen LogP contribution in [0.2, 0.25) is 0 Å². The summed E-state index contributed by atoms with van der Waals surface area (Å²) in [5, 5.41) is 4.15. The molecule has 0 aliphatic carbocycles. The molecule has 0 saturated carbocycles. The lowest BCUT2D eigenvalue weighted by Gasteiger charge is -2.35. The predicted octanol–water partition coefficient (Wildman–Crippen LogP) is 1.94. The molecule has 1 saturated heterocycles. The van der Waals surface area contributed by atoms with Crippen LogP contribution < -0.4 is 5.73 Å². The average Bonchev–Trinajstić information content (AvgIpc) is 3.19. The van der Waals surface area contributed by atoms with Crippen molar-refractivity contribution in [2.75, 3.05) is 31.9 Å². The lowest BCUT2D eigenvalue weighted by Crippen LogP contribution is -2.51. The standard InChI is InChI=1S/C24H33N7O3S/c1-13-14(2)16(4)22(17(5)15(13)3)35(33,34)30-10-8-29(9-11-30)21(32)12-20-18(6)26-24-27-23(25)28-31(24)19(20)7/h8-12H2,1-7H3,(H2,25,28). The van der Waals surface area contributed by atoms with Gasteiger partial charge in [-0.15, -0.1) is 5.10 Å². The molecule has 0 bridgehead atoms. The summed E-state index contributed by atoms with van der Waals surface area (Å²) >= 11 is 0. The van der Waals surface area contributed by atoms with Crippen molar-refractivity contribution in [3.05, 3.63) is 44.8 Å². The third kappa shape index (κ3) is 4.16. The van der Waals surface area contributed by atoms with Gasteiger partial charge in [-0.2, -0.15) is 13.8 Å². The molecule has 1 aromatic carbocycles. The predicted molar refractivity (Wildman–Crippen MR) is 134 cm³/mol. The second-order valence-electron chi connectivity index (χ2n) is 9.36. The average molecular weight is 500 g/mol. The monoisotopic (exact) mass is 499 g/mol. The third-order valence-electron chi connectivity index (χ3n) is 7.51. The molecule has 11 heteroatoms. The van der Waals surface area contributed by atoms with Crippen LogP contribution in [0.1, 0.15) is 44.8 Å². The molecule has 1 aliphatic heterocycles. The van der Waals surface area contributed by atoms with Crippen molar-refractivity contribution in [2.45, 2.75) is 59.8 Å². The number of aryl methyl sites for hydroxylation is 2. The molecule has 2 N–H and O–H groups in total. The lowest BCUT2D eigenvalue weighted by molar-refractivity contribution is -0.131. The number of piperazine rings is 1. The molecule has 3 aromatic rings. The third-order valence-corrected chi connectivity index (χ3v) is 9.69. The van der Waals surface area contributed by atoms with Crippen molar-refractivity contribution in [1.29, 1.82) is 0 Å². The van der Waals surface area contributed by atoms with Gasteiger partial charge in [0.25, 0.3) is 5.78 Å². The molecule has 188 valence electrons. The smallest absolute Gasteiger partial charge is 0.254 e. The van der Waals surface area contributed by atoms with E-state index in [4.69, 9.17) is 5.73 Å². The van der Waals surface area contributed by atoms with E-state index in [-0.39, 0.29) is 31.4 Å². The molecule has 10 nitrogen and oxygen atoms in total. The molecule has 1 fully saturated rings. The van der Waals surface area contributed by atoms with Crippen LogP contribution in [-0.2, 0) is 21.2 Å². The Morgan fingerprint density at radius 2 is 1.40 bits per heavy atom. The Morgan fingerprint density at radius 1 is 0.857 bits per heavy atom. The van der Waals surface area contributed by atoms with E-state index in [1.807, 2.05) is 48.5 Å². The number of sulfonamides is 1. The molecule has 0 atom stereocenters. The molecule has 0 unspecified atom stereocenters. The van der Waals surface area contributed by atoms with Gasteiger partial charge in [0.05, 0.1) is 11.3 Å². The minimum atomic E-state index is -3.67. The fourth-order valence-corrected chi connectivity index (χ4v) is 6.88. The Labute approximate surface area is 206 Å². The summed E-state index contributed by atoms with van der Waals surface area (Å²) in [4.78, 5) is 23.8. The van der Waals surface area contributed by atoms with Gasteiger partial charge in [-0.25, -0.2) is 13.4 Å². The topological polar surface area (TPSA) is 127 Å². The van der Waals surface area contributed by atoms with Crippen molar-refractivity contribution in [3.8, 4) is 0 Å². The molecule has 0 radical (unpaired) electrons. The molecular formula is C24H33N7O3S. The largest absolute Gasteiger partial charge is 0.366 e. The summed E-state index contributed by atoms with van der Waals surface area (Å²) in [7, 11) is -3.67. The van der Waals surface area contributed by atoms with E-state index in [0.29, 0.717) is 29.5 Å². The van der Waals surface area contributed by atoms with Crippen LogP contribution in [0.5, 0.6) is 0 Å². The highest BCUT2D eigenvalue weighted by molar-refractivity contribution is 7.89. The Kier molecular flexibility index (Phi) is 6.35. The summed E-state index contributed by atoms with van der Waals surface area (Å²) in [6, 6.07) is 0. The van der Waals surface area contributed by atoms with Crippen molar-refractivity contribution >= 4 is 27.7 Å². The highest BCUT2D eigenvalue weighted by Gasteiger charge is 2.33. The number of aromatic nitrogens is 4. The Hall–Kier alpha value is -3.05. The SMILES string of the molecule is Cc1nc2nc(N)nn2c(C)c1CC(=O)N1CCN(S(=O)(=O)c2c(C)c(C)c(C)c(C)c2C)CC1. The number of carbonyl (C=O) groups is 1. The summed E-state index contributed by atoms with van der Waals surface area (Å²) < 4.78 is 30.3. The van der Waals surface area contributed by atoms with Gasteiger partial charge < -0.3 is 10.6 Å². The van der Waals surface area contributed by atoms with Crippen molar-refractivity contribution in [1.82, 2.24) is 28.8 Å². The molecular weight excluding hydrogens is 466 g/mol. The minimum Gasteiger partial charge on any atom is -0.366 e. The molecule has 2 aromatic heterocycles. The zero-order chi connectivity index (χ0) is 25.8. The summed E-state index contributed by atoms with van der Waals surface area (Å²) in [6.07, 6.45) is 0.154. The first-order chi connectivity index (χ1) is 16.3. The normalized spacial score (nSPS) is 15.2. The minimum absolute atomic E-state index is 0.0723. The van der Waals surface area contributed by atoms with Gasteiger partial charge in [-0.3, -0.25) is 4.79 Å². The summed E-state index contributed by atoms with van der Waals surface area (Å²) in [5.74, 6) is 0.460. The maximum Gasteiger partial charge on any atom is 0.254 e. The van der Waals surface area contributed by atoms with Gasteiger partial charge >= 0.3 is 0 Å². The van der Waals surface area contributed by atoms with Gasteiger partial charge in [-0.1, -0.05) is 0 Å². The van der Waals surface area contributed by atoms with E-state index >= 15 is 0 Å². The maximum atomic E-state index is 13.6. The van der Waals surface area contributed by atoms with E-state index in [9.17, 15) is 13.2 Å². The fraction of sp³-hybridized carbons (Fsp3) is 0.500. The maximum absolute atomic E-state index is 13.6. The van der Waals surface area contributed by atoms with Gasteiger partial charge in [0.2, 0.25) is 21.9 Å². The zero-order valence-electron chi connectivity index (χ0n) is 21.4. The number of nitrogen functional groups attached to an aromatic ring is 1. The number of fused-ring (bicyclic) bond motifs is 1. The van der Waals surface area contributed by atoms with Crippen molar-refractivity contribution < 1.29 is 13.2 Å². The first-order valence-corrected chi connectivity index (χ1v) is 13.1. The second kappa shape index (κ2) is 8.87. The summed E-state index contributed by atoms with van der Waals surface area (Å²) in [5.41, 5.74) is 12.7. The first kappa shape index (κ1) is 25.1. The number of amides is 1. The number of benzene rings is 1. The van der Waals surface area contributed by atoms with Gasteiger partial charge in [0, 0.05) is 43.1 Å². The van der Waals surface area contributed by atoms with Crippen molar-refractivity contribution in [3.63, 3.8) is 0 Å². The van der Waals surface area contributed by atoms with Crippen LogP contribution >= 0.6 is 0 Å². The number of hydrogen-bond donors (Lipinski definition) is 1. The molecule has 1 amide bonds. The van der Waals surface area contributed by atoms with Crippen molar-refractivity contribution in [2.24, 2.45) is 0 Å². The second-order valence-corrected chi connectivity index (χ2v) is 11.2. The van der Waals surface area contributed by atoms with Crippen LogP contribution in [0, 0.1) is 48.5 Å². The number of anilines is 1. The van der Waals surface area contributed by atoms with E-state index in [1.54, 1.807) is 9.42 Å². The zero-order valence-corrected chi connectivity index (χ0v) is 22.2. The van der Waals surface area contributed by atoms with E-state index in [1.165, 1.54) is 4.31 Å². The highest BCUT2D eigenvalue weighted by atomic mass is 32.2. The number of nitrogens with two attached hydrogens (primary N) is 1. The van der Waals surface area contributed by atoms with E-state index in [2.05, 4.69) is 15.1 Å². The molecule has 35 heavy (non-hydrogen) atoms. The van der Waals surface area contributed by atoms with E-state index in [0.717, 1.165) is 39.1 Å². The van der Waals surface area contributed by atoms with Crippen LogP contribution in [0.25, 0.3) is 5.78 Å². The van der Waals surface area contributed by atoms with Gasteiger partial charge in [0.1, 0.15) is 0 Å². The Bertz CT molecular complexity index is 1420. The van der Waals surface area contributed by atoms with Crippen LogP contribution in [0.3, 0.4) is 0 Å². The van der Waals surface area contributed by atoms with Crippen LogP contribution in [-0.4, -0.2) is 69.3 Å². The number of nitrogens with zero attached hydrogens (tertiary/aromatic N) is 6. The quantitative estimate of drug-likeness (QED) is 0.581. The molecule has 4 rings (SSSR count). The Morgan fingerprint density at radius 3 is 1.97 bits per heavy atom. The fourth-order valence-electron chi connectivity index (χ4n) is 4.90. The van der Waals surface area contributed by atoms with Crippen LogP contribution in [0.4, 0.5) is 5.95 Å². The summed E-state index contributed by atoms with van der Waals surface area (Å²) in [6.45, 7) is 14.6. The highest BCUT2D eigenvalue weighted by Crippen LogP contribution is 2.32. The molecule has 0 spiro atoms. The van der Waals surface area contributed by atoms with Gasteiger partial charge in [-0.05, 0) is 76.3 Å². The first-order valence-electron chi connectivity index (χ1n) is 11.7. The number of rotatable bonds is 4. The van der Waals surface area contributed by atoms with E-state index < -0.39 is 10.0 Å². The lowest BCUT2D eigenvalue weighted by atomic mass is 9.95. The number of carbonyl (C=O) groups excluding carboxylic acids is 1. The molecule has 3 heterocycles. The number of hydrogen-bond acceptors (Lipinski definition) is 7. The Balaban J connectivity index is 1.52. The van der Waals surface area contributed by atoms with Gasteiger partial charge in [0.15, 0.2) is 0 Å². The van der Waals surface area contributed by atoms with Crippen LogP contribution in [0.15, 0.2) is 4.90 Å².